The smallest absolute Gasteiger partial charge is 0.0928 e. The normalized spacial score (nSPS) is 40.5. The molecule has 0 saturated heterocycles. The molecule has 3 aliphatic rings. The Hall–Kier alpha value is 0.250. The summed E-state index contributed by atoms with van der Waals surface area (Å²) >= 11 is 0. The van der Waals surface area contributed by atoms with Crippen LogP contribution in [0.1, 0.15) is 133 Å². The molecule has 0 aromatic rings. The maximum Gasteiger partial charge on any atom is 0.0928 e. The molecule has 2 heteroatoms. The van der Waals surface area contributed by atoms with E-state index in [1.807, 2.05) is 0 Å². The minimum Gasteiger partial charge on any atom is -1.00 e. The lowest BCUT2D eigenvalue weighted by molar-refractivity contribution is -1.01. The fraction of sp³-hybridized carbons (Fsp3) is 1.00. The molecule has 0 aliphatic heterocycles. The third-order valence-corrected chi connectivity index (χ3v) is 11.4. The first-order valence-corrected chi connectivity index (χ1v) is 15.9. The molecule has 9 atom stereocenters. The molecule has 9 unspecified atom stereocenters. The lowest BCUT2D eigenvalue weighted by Crippen LogP contribution is -3.00. The third-order valence-electron chi connectivity index (χ3n) is 11.4. The first-order valence-electron chi connectivity index (χ1n) is 15.9. The molecule has 3 fully saturated rings. The minimum absolute atomic E-state index is 0. The maximum absolute atomic E-state index is 2.59. The number of hydrogen-bond donors (Lipinski definition) is 0. The average Bonchev–Trinajstić information content (AvgIpc) is 2.76. The maximum atomic E-state index is 2.59. The topological polar surface area (TPSA) is 0 Å². The number of rotatable bonds is 8. The summed E-state index contributed by atoms with van der Waals surface area (Å²) < 4.78 is 1.53. The van der Waals surface area contributed by atoms with E-state index in [-0.39, 0.29) is 12.4 Å². The summed E-state index contributed by atoms with van der Waals surface area (Å²) in [7, 11) is 0. The van der Waals surface area contributed by atoms with Gasteiger partial charge in [0.25, 0.3) is 0 Å². The molecule has 0 amide bonds. The van der Waals surface area contributed by atoms with Crippen LogP contribution >= 0.6 is 0 Å². The standard InChI is InChI=1S/C33H64N.ClH/c1-11-18-34(31-19-25(8)12-15-28(31)22(2)3,32-20-26(9)13-16-29(32)23(4)5)33-21-27(10)14-17-30(33)24(6)7;/h22-33H,11-21H2,1-10H3;1H/q+1;/p-1. The van der Waals surface area contributed by atoms with E-state index in [1.165, 1.54) is 75.2 Å². The van der Waals surface area contributed by atoms with Crippen molar-refractivity contribution >= 4 is 0 Å². The van der Waals surface area contributed by atoms with Crippen molar-refractivity contribution in [2.24, 2.45) is 53.3 Å². The van der Waals surface area contributed by atoms with E-state index >= 15 is 0 Å². The van der Waals surface area contributed by atoms with Gasteiger partial charge in [-0.1, -0.05) is 69.2 Å². The van der Waals surface area contributed by atoms with Gasteiger partial charge < -0.3 is 16.9 Å². The zero-order valence-corrected chi connectivity index (χ0v) is 26.3. The third kappa shape index (κ3) is 6.64. The van der Waals surface area contributed by atoms with Gasteiger partial charge in [0.2, 0.25) is 0 Å². The van der Waals surface area contributed by atoms with Gasteiger partial charge in [-0.25, -0.2) is 0 Å². The summed E-state index contributed by atoms with van der Waals surface area (Å²) in [6, 6.07) is 2.66. The van der Waals surface area contributed by atoms with Crippen molar-refractivity contribution < 1.29 is 16.9 Å². The van der Waals surface area contributed by atoms with Crippen LogP contribution in [-0.4, -0.2) is 29.2 Å². The molecular formula is C33H64ClN. The van der Waals surface area contributed by atoms with Crippen molar-refractivity contribution in [2.45, 2.75) is 152 Å². The van der Waals surface area contributed by atoms with Crippen LogP contribution in [0.15, 0.2) is 0 Å². The first-order chi connectivity index (χ1) is 16.0. The zero-order valence-electron chi connectivity index (χ0n) is 25.5. The highest BCUT2D eigenvalue weighted by Gasteiger charge is 2.58. The zero-order chi connectivity index (χ0) is 25.2. The Morgan fingerprint density at radius 1 is 0.543 bits per heavy atom. The van der Waals surface area contributed by atoms with Gasteiger partial charge in [0, 0.05) is 37.0 Å². The second kappa shape index (κ2) is 13.4. The van der Waals surface area contributed by atoms with Gasteiger partial charge in [0.1, 0.15) is 0 Å². The van der Waals surface area contributed by atoms with Crippen molar-refractivity contribution in [3.8, 4) is 0 Å². The summed E-state index contributed by atoms with van der Waals surface area (Å²) in [5, 5.41) is 0. The molecule has 0 N–H and O–H groups in total. The van der Waals surface area contributed by atoms with E-state index < -0.39 is 0 Å². The molecule has 0 bridgehead atoms. The molecule has 0 heterocycles. The molecule has 0 aromatic carbocycles. The molecular weight excluding hydrogens is 446 g/mol. The second-order valence-corrected chi connectivity index (χ2v) is 14.9. The lowest BCUT2D eigenvalue weighted by atomic mass is 9.63. The molecule has 35 heavy (non-hydrogen) atoms. The van der Waals surface area contributed by atoms with E-state index in [0.29, 0.717) is 0 Å². The molecule has 0 spiro atoms. The van der Waals surface area contributed by atoms with Gasteiger partial charge in [-0.2, -0.15) is 0 Å². The Morgan fingerprint density at radius 3 is 1.06 bits per heavy atom. The Bertz CT molecular complexity index is 533. The molecule has 3 saturated carbocycles. The van der Waals surface area contributed by atoms with E-state index in [0.717, 1.165) is 71.4 Å². The minimum atomic E-state index is 0. The van der Waals surface area contributed by atoms with Crippen molar-refractivity contribution in [1.29, 1.82) is 0 Å². The predicted octanol–water partition coefficient (Wildman–Crippen LogP) is 6.60. The highest BCUT2D eigenvalue weighted by atomic mass is 35.5. The molecule has 0 aromatic heterocycles. The van der Waals surface area contributed by atoms with Crippen LogP contribution < -0.4 is 12.4 Å². The van der Waals surface area contributed by atoms with Crippen LogP contribution in [0.2, 0.25) is 0 Å². The monoisotopic (exact) mass is 509 g/mol. The molecule has 3 aliphatic carbocycles. The number of halogens is 1. The van der Waals surface area contributed by atoms with Crippen molar-refractivity contribution in [3.05, 3.63) is 0 Å². The SMILES string of the molecule is CCC[N+](C1CC(C)CCC1C(C)C)(C1CC(C)CCC1C(C)C)C1CC(C)CCC1C(C)C.[Cl-]. The number of hydrogen-bond acceptors (Lipinski definition) is 0. The fourth-order valence-corrected chi connectivity index (χ4v) is 9.74. The van der Waals surface area contributed by atoms with Crippen LogP contribution in [0.3, 0.4) is 0 Å². The summed E-state index contributed by atoms with van der Waals surface area (Å²) in [6.45, 7) is 27.2. The Kier molecular flexibility index (Phi) is 12.0. The largest absolute Gasteiger partial charge is 1.00 e. The van der Waals surface area contributed by atoms with E-state index in [1.54, 1.807) is 0 Å². The predicted molar refractivity (Wildman–Crippen MR) is 151 cm³/mol. The highest BCUT2D eigenvalue weighted by Crippen LogP contribution is 2.53. The number of quaternary nitrogens is 1. The summed E-state index contributed by atoms with van der Waals surface area (Å²) in [6.07, 6.45) is 14.7. The molecule has 208 valence electrons. The van der Waals surface area contributed by atoms with Crippen molar-refractivity contribution in [3.63, 3.8) is 0 Å². The van der Waals surface area contributed by atoms with Gasteiger partial charge in [-0.05, 0) is 80.5 Å². The molecule has 3 rings (SSSR count). The van der Waals surface area contributed by atoms with Crippen LogP contribution in [-0.2, 0) is 0 Å². The lowest BCUT2D eigenvalue weighted by Gasteiger charge is -2.64. The van der Waals surface area contributed by atoms with Crippen LogP contribution in [0, 0.1) is 53.3 Å². The van der Waals surface area contributed by atoms with E-state index in [4.69, 9.17) is 0 Å². The van der Waals surface area contributed by atoms with Gasteiger partial charge in [-0.15, -0.1) is 0 Å². The average molecular weight is 510 g/mol. The van der Waals surface area contributed by atoms with Gasteiger partial charge in [0.15, 0.2) is 0 Å². The summed E-state index contributed by atoms with van der Waals surface area (Å²) in [4.78, 5) is 0. The van der Waals surface area contributed by atoms with E-state index in [2.05, 4.69) is 69.2 Å². The van der Waals surface area contributed by atoms with Gasteiger partial charge in [-0.3, -0.25) is 0 Å². The van der Waals surface area contributed by atoms with Crippen LogP contribution in [0.5, 0.6) is 0 Å². The Labute approximate surface area is 228 Å². The quantitative estimate of drug-likeness (QED) is 0.323. The summed E-state index contributed by atoms with van der Waals surface area (Å²) in [5.74, 6) is 7.94. The van der Waals surface area contributed by atoms with Crippen LogP contribution in [0.4, 0.5) is 0 Å². The van der Waals surface area contributed by atoms with Gasteiger partial charge >= 0.3 is 0 Å². The Morgan fingerprint density at radius 2 is 0.829 bits per heavy atom. The first kappa shape index (κ1) is 31.5. The second-order valence-electron chi connectivity index (χ2n) is 14.9. The fourth-order valence-electron chi connectivity index (χ4n) is 9.74. The van der Waals surface area contributed by atoms with Crippen LogP contribution in [0.25, 0.3) is 0 Å². The summed E-state index contributed by atoms with van der Waals surface area (Å²) in [5.41, 5.74) is 0. The van der Waals surface area contributed by atoms with Crippen molar-refractivity contribution in [1.82, 2.24) is 0 Å². The van der Waals surface area contributed by atoms with Crippen molar-refractivity contribution in [2.75, 3.05) is 6.54 Å². The van der Waals surface area contributed by atoms with Gasteiger partial charge in [0.05, 0.1) is 24.7 Å². The molecule has 1 nitrogen and oxygen atoms in total. The highest BCUT2D eigenvalue weighted by molar-refractivity contribution is 4.93. The van der Waals surface area contributed by atoms with E-state index in [9.17, 15) is 0 Å². The number of nitrogens with zero attached hydrogens (tertiary/aromatic N) is 1. The Balaban J connectivity index is 0.00000432. The molecule has 0 radical (unpaired) electrons.